The molecule has 1 aromatic heterocycles. The highest BCUT2D eigenvalue weighted by Crippen LogP contribution is 2.12. The highest BCUT2D eigenvalue weighted by atomic mass is 16.5. The Hall–Kier alpha value is -0.840. The summed E-state index contributed by atoms with van der Waals surface area (Å²) < 4.78 is 12.5. The topological polar surface area (TPSA) is 35.4 Å². The molecular formula is C13H24N2O2. The zero-order valence-electron chi connectivity index (χ0n) is 11.4. The maximum absolute atomic E-state index is 5.38. The molecule has 0 spiro atoms. The Balaban J connectivity index is 2.16. The number of nitrogens with zero attached hydrogens (tertiary/aromatic N) is 1. The van der Waals surface area contributed by atoms with Crippen molar-refractivity contribution in [3.8, 4) is 0 Å². The summed E-state index contributed by atoms with van der Waals surface area (Å²) in [6.45, 7) is 8.12. The smallest absolute Gasteiger partial charge is 0.0700 e. The van der Waals surface area contributed by atoms with Crippen molar-refractivity contribution in [3.05, 3.63) is 23.0 Å². The fraction of sp³-hybridized carbons (Fsp3) is 0.692. The summed E-state index contributed by atoms with van der Waals surface area (Å²) in [7, 11) is 3.78. The molecule has 0 radical (unpaired) electrons. The predicted octanol–water partition coefficient (Wildman–Crippen LogP) is 1.39. The molecule has 1 aromatic rings. The first-order chi connectivity index (χ1) is 8.16. The number of aromatic nitrogens is 1. The lowest BCUT2D eigenvalue weighted by molar-refractivity contribution is 0.0719. The van der Waals surface area contributed by atoms with Crippen LogP contribution in [0.4, 0.5) is 0 Å². The lowest BCUT2D eigenvalue weighted by Crippen LogP contribution is -2.20. The lowest BCUT2D eigenvalue weighted by Gasteiger charge is -2.06. The third kappa shape index (κ3) is 4.50. The van der Waals surface area contributed by atoms with Crippen LogP contribution in [0.15, 0.2) is 6.07 Å². The average Bonchev–Trinajstić information content (AvgIpc) is 2.56. The number of methoxy groups -OCH3 is 1. The summed E-state index contributed by atoms with van der Waals surface area (Å²) in [5.41, 5.74) is 3.99. The molecule has 98 valence electrons. The van der Waals surface area contributed by atoms with Crippen molar-refractivity contribution in [2.45, 2.75) is 20.4 Å². The third-order valence-electron chi connectivity index (χ3n) is 3.05. The molecule has 0 aromatic carbocycles. The van der Waals surface area contributed by atoms with E-state index in [4.69, 9.17) is 9.47 Å². The van der Waals surface area contributed by atoms with Gasteiger partial charge in [0.15, 0.2) is 0 Å². The first-order valence-corrected chi connectivity index (χ1v) is 6.06. The molecule has 0 fully saturated rings. The van der Waals surface area contributed by atoms with Crippen molar-refractivity contribution in [2.24, 2.45) is 7.05 Å². The van der Waals surface area contributed by atoms with Gasteiger partial charge in [0.05, 0.1) is 19.8 Å². The van der Waals surface area contributed by atoms with Crippen LogP contribution in [0.1, 0.15) is 17.0 Å². The Labute approximate surface area is 104 Å². The van der Waals surface area contributed by atoms with E-state index in [9.17, 15) is 0 Å². The van der Waals surface area contributed by atoms with E-state index < -0.39 is 0 Å². The van der Waals surface area contributed by atoms with Crippen molar-refractivity contribution in [3.63, 3.8) is 0 Å². The van der Waals surface area contributed by atoms with Gasteiger partial charge >= 0.3 is 0 Å². The van der Waals surface area contributed by atoms with Crippen LogP contribution < -0.4 is 5.32 Å². The lowest BCUT2D eigenvalue weighted by atomic mass is 10.2. The second-order valence-electron chi connectivity index (χ2n) is 4.24. The van der Waals surface area contributed by atoms with Crippen LogP contribution in [-0.4, -0.2) is 38.0 Å². The predicted molar refractivity (Wildman–Crippen MR) is 69.3 cm³/mol. The van der Waals surface area contributed by atoms with Crippen molar-refractivity contribution in [1.29, 1.82) is 0 Å². The van der Waals surface area contributed by atoms with Gasteiger partial charge in [0.1, 0.15) is 0 Å². The van der Waals surface area contributed by atoms with Crippen LogP contribution in [-0.2, 0) is 23.1 Å². The molecule has 0 aliphatic rings. The number of hydrogen-bond acceptors (Lipinski definition) is 3. The minimum atomic E-state index is 0.664. The summed E-state index contributed by atoms with van der Waals surface area (Å²) in [6.07, 6.45) is 0. The minimum absolute atomic E-state index is 0.664. The van der Waals surface area contributed by atoms with Crippen molar-refractivity contribution < 1.29 is 9.47 Å². The molecule has 0 atom stereocenters. The van der Waals surface area contributed by atoms with Gasteiger partial charge in [-0.05, 0) is 25.5 Å². The van der Waals surface area contributed by atoms with Crippen LogP contribution >= 0.6 is 0 Å². The second kappa shape index (κ2) is 7.48. The van der Waals surface area contributed by atoms with Gasteiger partial charge in [-0.2, -0.15) is 0 Å². The molecule has 1 N–H and O–H groups in total. The van der Waals surface area contributed by atoms with E-state index in [0.29, 0.717) is 13.2 Å². The first kappa shape index (κ1) is 14.2. The van der Waals surface area contributed by atoms with E-state index in [-0.39, 0.29) is 0 Å². The Morgan fingerprint density at radius 3 is 2.59 bits per heavy atom. The van der Waals surface area contributed by atoms with Gasteiger partial charge in [-0.1, -0.05) is 0 Å². The molecule has 17 heavy (non-hydrogen) atoms. The van der Waals surface area contributed by atoms with Gasteiger partial charge in [0.25, 0.3) is 0 Å². The third-order valence-corrected chi connectivity index (χ3v) is 3.05. The summed E-state index contributed by atoms with van der Waals surface area (Å²) in [6, 6.07) is 2.23. The molecule has 0 amide bonds. The number of nitrogens with one attached hydrogen (secondary N) is 1. The van der Waals surface area contributed by atoms with Crippen LogP contribution in [0.25, 0.3) is 0 Å². The quantitative estimate of drug-likeness (QED) is 0.698. The van der Waals surface area contributed by atoms with E-state index in [2.05, 4.69) is 36.8 Å². The summed E-state index contributed by atoms with van der Waals surface area (Å²) in [4.78, 5) is 0. The Bertz CT molecular complexity index is 334. The van der Waals surface area contributed by atoms with Crippen LogP contribution in [0, 0.1) is 13.8 Å². The van der Waals surface area contributed by atoms with Crippen LogP contribution in [0.3, 0.4) is 0 Å². The van der Waals surface area contributed by atoms with Gasteiger partial charge < -0.3 is 19.4 Å². The van der Waals surface area contributed by atoms with Crippen LogP contribution in [0.5, 0.6) is 0 Å². The Morgan fingerprint density at radius 2 is 2.00 bits per heavy atom. The number of ether oxygens (including phenoxy) is 2. The average molecular weight is 240 g/mol. The summed E-state index contributed by atoms with van der Waals surface area (Å²) in [5.74, 6) is 0. The SMILES string of the molecule is COCCOCCNCc1cc(C)n(C)c1C. The van der Waals surface area contributed by atoms with Crippen LogP contribution in [0.2, 0.25) is 0 Å². The van der Waals surface area contributed by atoms with Crippen molar-refractivity contribution in [2.75, 3.05) is 33.5 Å². The standard InChI is InChI=1S/C13H24N2O2/c1-11-9-13(12(2)15(11)3)10-14-5-6-17-8-7-16-4/h9,14H,5-8,10H2,1-4H3. The molecule has 4 heteroatoms. The van der Waals surface area contributed by atoms with Crippen molar-refractivity contribution >= 4 is 0 Å². The first-order valence-electron chi connectivity index (χ1n) is 6.06. The largest absolute Gasteiger partial charge is 0.382 e. The van der Waals surface area contributed by atoms with E-state index in [1.807, 2.05) is 0 Å². The van der Waals surface area contributed by atoms with Gasteiger partial charge in [0.2, 0.25) is 0 Å². The summed E-state index contributed by atoms with van der Waals surface area (Å²) >= 11 is 0. The zero-order valence-corrected chi connectivity index (χ0v) is 11.4. The minimum Gasteiger partial charge on any atom is -0.382 e. The zero-order chi connectivity index (χ0) is 12.7. The molecule has 0 unspecified atom stereocenters. The number of rotatable bonds is 8. The summed E-state index contributed by atoms with van der Waals surface area (Å²) in [5, 5.41) is 3.38. The molecule has 0 bridgehead atoms. The second-order valence-corrected chi connectivity index (χ2v) is 4.24. The normalized spacial score (nSPS) is 11.1. The van der Waals surface area contributed by atoms with E-state index >= 15 is 0 Å². The molecule has 0 aliphatic carbocycles. The maximum Gasteiger partial charge on any atom is 0.0700 e. The molecule has 4 nitrogen and oxygen atoms in total. The monoisotopic (exact) mass is 240 g/mol. The van der Waals surface area contributed by atoms with Gasteiger partial charge in [-0.25, -0.2) is 0 Å². The Morgan fingerprint density at radius 1 is 1.24 bits per heavy atom. The maximum atomic E-state index is 5.38. The number of aryl methyl sites for hydroxylation is 1. The molecular weight excluding hydrogens is 216 g/mol. The molecule has 1 rings (SSSR count). The van der Waals surface area contributed by atoms with Crippen molar-refractivity contribution in [1.82, 2.24) is 9.88 Å². The van der Waals surface area contributed by atoms with E-state index in [0.717, 1.165) is 19.7 Å². The van der Waals surface area contributed by atoms with E-state index in [1.54, 1.807) is 7.11 Å². The molecule has 0 saturated carbocycles. The van der Waals surface area contributed by atoms with Gasteiger partial charge in [0, 0.05) is 38.6 Å². The fourth-order valence-corrected chi connectivity index (χ4v) is 1.72. The molecule has 1 heterocycles. The van der Waals surface area contributed by atoms with Gasteiger partial charge in [-0.3, -0.25) is 0 Å². The van der Waals surface area contributed by atoms with Gasteiger partial charge in [-0.15, -0.1) is 0 Å². The molecule has 0 aliphatic heterocycles. The fourth-order valence-electron chi connectivity index (χ4n) is 1.72. The van der Waals surface area contributed by atoms with E-state index in [1.165, 1.54) is 17.0 Å². The molecule has 0 saturated heterocycles. The Kier molecular flexibility index (Phi) is 6.26. The highest BCUT2D eigenvalue weighted by Gasteiger charge is 2.04. The number of hydrogen-bond donors (Lipinski definition) is 1. The highest BCUT2D eigenvalue weighted by molar-refractivity contribution is 5.26.